The zero-order valence-corrected chi connectivity index (χ0v) is 15.7. The predicted molar refractivity (Wildman–Crippen MR) is 102 cm³/mol. The van der Waals surface area contributed by atoms with Crippen LogP contribution in [0.25, 0.3) is 0 Å². The van der Waals surface area contributed by atoms with Crippen LogP contribution in [0.4, 0.5) is 10.5 Å². The molecule has 27 heavy (non-hydrogen) atoms. The summed E-state index contributed by atoms with van der Waals surface area (Å²) in [5.74, 6) is -2.11. The standard InChI is InChI=1S/C20H26N4O3/c1-3-15(22-23-16-12-8-7-9-13(16)2)17-18(25)21-20(27)24(19(17)26)14-10-5-4-6-11-14/h3,7-9,12,14,17,22-23H,4-6,10-11H2,1-2H3,(H,21,25,27)/b15-3+/t17-/m0/s1. The van der Waals surface area contributed by atoms with Gasteiger partial charge in [-0.25, -0.2) is 4.79 Å². The van der Waals surface area contributed by atoms with E-state index in [1.807, 2.05) is 31.2 Å². The van der Waals surface area contributed by atoms with Crippen LogP contribution in [-0.4, -0.2) is 28.8 Å². The van der Waals surface area contributed by atoms with Gasteiger partial charge in [0.05, 0.1) is 5.69 Å². The Balaban J connectivity index is 1.77. The van der Waals surface area contributed by atoms with Gasteiger partial charge < -0.3 is 10.9 Å². The van der Waals surface area contributed by atoms with Crippen molar-refractivity contribution in [3.8, 4) is 0 Å². The number of carbonyl (C=O) groups excluding carboxylic acids is 3. The fraction of sp³-hybridized carbons (Fsp3) is 0.450. The molecule has 1 aliphatic carbocycles. The summed E-state index contributed by atoms with van der Waals surface area (Å²) >= 11 is 0. The molecule has 7 nitrogen and oxygen atoms in total. The molecule has 1 atom stereocenters. The van der Waals surface area contributed by atoms with Crippen molar-refractivity contribution in [1.29, 1.82) is 0 Å². The van der Waals surface area contributed by atoms with Crippen LogP contribution in [-0.2, 0) is 9.59 Å². The molecule has 1 aromatic rings. The Labute approximate surface area is 159 Å². The van der Waals surface area contributed by atoms with Crippen LogP contribution in [0.1, 0.15) is 44.6 Å². The lowest BCUT2D eigenvalue weighted by atomic mass is 9.91. The third-order valence-corrected chi connectivity index (χ3v) is 5.24. The number of amides is 4. The summed E-state index contributed by atoms with van der Waals surface area (Å²) in [5, 5.41) is 2.35. The van der Waals surface area contributed by atoms with Crippen molar-refractivity contribution in [3.63, 3.8) is 0 Å². The molecular weight excluding hydrogens is 344 g/mol. The van der Waals surface area contributed by atoms with E-state index in [-0.39, 0.29) is 6.04 Å². The van der Waals surface area contributed by atoms with E-state index in [0.29, 0.717) is 5.70 Å². The number of hydrazine groups is 1. The Hall–Kier alpha value is -2.83. The van der Waals surface area contributed by atoms with E-state index in [1.165, 1.54) is 4.90 Å². The number of nitrogens with zero attached hydrogens (tertiary/aromatic N) is 1. The summed E-state index contributed by atoms with van der Waals surface area (Å²) in [6.07, 6.45) is 6.36. The number of barbiturate groups is 1. The normalized spacial score (nSPS) is 21.9. The third kappa shape index (κ3) is 3.97. The molecule has 0 aromatic heterocycles. The van der Waals surface area contributed by atoms with Crippen LogP contribution >= 0.6 is 0 Å². The van der Waals surface area contributed by atoms with Crippen molar-refractivity contribution in [2.75, 3.05) is 5.43 Å². The minimum absolute atomic E-state index is 0.135. The van der Waals surface area contributed by atoms with Crippen molar-refractivity contribution in [2.45, 2.75) is 52.0 Å². The highest BCUT2D eigenvalue weighted by Crippen LogP contribution is 2.27. The highest BCUT2D eigenvalue weighted by atomic mass is 16.2. The smallest absolute Gasteiger partial charge is 0.304 e. The Morgan fingerprint density at radius 3 is 2.52 bits per heavy atom. The van der Waals surface area contributed by atoms with Crippen LogP contribution in [0.2, 0.25) is 0 Å². The SMILES string of the molecule is C/C=C(/NNc1ccccc1C)[C@H]1C(=O)NC(=O)N(C2CCCCC2)C1=O. The van der Waals surface area contributed by atoms with Crippen molar-refractivity contribution in [3.05, 3.63) is 41.6 Å². The number of hydrogen-bond acceptors (Lipinski definition) is 5. The van der Waals surface area contributed by atoms with Gasteiger partial charge in [-0.1, -0.05) is 43.5 Å². The molecule has 2 aliphatic rings. The van der Waals surface area contributed by atoms with Gasteiger partial charge in [-0.05, 0) is 38.3 Å². The number of carbonyl (C=O) groups is 3. The Morgan fingerprint density at radius 1 is 1.15 bits per heavy atom. The van der Waals surface area contributed by atoms with E-state index in [9.17, 15) is 14.4 Å². The molecule has 1 aromatic carbocycles. The highest BCUT2D eigenvalue weighted by molar-refractivity contribution is 6.17. The average Bonchev–Trinajstić information content (AvgIpc) is 2.66. The molecule has 4 amide bonds. The molecular formula is C20H26N4O3. The van der Waals surface area contributed by atoms with Gasteiger partial charge in [0.1, 0.15) is 0 Å². The number of anilines is 1. The number of hydrogen-bond donors (Lipinski definition) is 3. The summed E-state index contributed by atoms with van der Waals surface area (Å²) in [6.45, 7) is 3.71. The molecule has 2 fully saturated rings. The van der Waals surface area contributed by atoms with E-state index in [2.05, 4.69) is 16.2 Å². The van der Waals surface area contributed by atoms with Crippen LogP contribution in [0.5, 0.6) is 0 Å². The van der Waals surface area contributed by atoms with E-state index in [1.54, 1.807) is 13.0 Å². The maximum atomic E-state index is 13.1. The molecule has 1 saturated carbocycles. The van der Waals surface area contributed by atoms with Gasteiger partial charge in [-0.2, -0.15) is 0 Å². The van der Waals surface area contributed by atoms with Crippen LogP contribution in [0, 0.1) is 12.8 Å². The number of nitrogens with one attached hydrogen (secondary N) is 3. The van der Waals surface area contributed by atoms with Crippen LogP contribution < -0.4 is 16.2 Å². The maximum Gasteiger partial charge on any atom is 0.331 e. The number of aryl methyl sites for hydroxylation is 1. The van der Waals surface area contributed by atoms with Gasteiger partial charge in [-0.15, -0.1) is 0 Å². The maximum absolute atomic E-state index is 13.1. The number of rotatable bonds is 5. The zero-order chi connectivity index (χ0) is 19.4. The molecule has 1 saturated heterocycles. The minimum atomic E-state index is -1.06. The summed E-state index contributed by atoms with van der Waals surface area (Å²) in [6, 6.07) is 6.95. The molecule has 0 bridgehead atoms. The van der Waals surface area contributed by atoms with E-state index in [0.717, 1.165) is 43.4 Å². The molecule has 3 rings (SSSR count). The second-order valence-electron chi connectivity index (χ2n) is 7.04. The second kappa shape index (κ2) is 8.24. The minimum Gasteiger partial charge on any atom is -0.304 e. The fourth-order valence-corrected chi connectivity index (χ4v) is 3.71. The number of para-hydroxylation sites is 1. The number of imide groups is 2. The summed E-state index contributed by atoms with van der Waals surface area (Å²) in [4.78, 5) is 39.1. The zero-order valence-electron chi connectivity index (χ0n) is 15.7. The first-order chi connectivity index (χ1) is 13.0. The first kappa shape index (κ1) is 18.9. The molecule has 0 spiro atoms. The largest absolute Gasteiger partial charge is 0.331 e. The Kier molecular flexibility index (Phi) is 5.78. The van der Waals surface area contributed by atoms with E-state index < -0.39 is 23.8 Å². The Bertz CT molecular complexity index is 768. The topological polar surface area (TPSA) is 90.5 Å². The molecule has 0 unspecified atom stereocenters. The molecule has 3 N–H and O–H groups in total. The predicted octanol–water partition coefficient (Wildman–Crippen LogP) is 2.84. The highest BCUT2D eigenvalue weighted by Gasteiger charge is 2.45. The Morgan fingerprint density at radius 2 is 1.85 bits per heavy atom. The van der Waals surface area contributed by atoms with Gasteiger partial charge in [0.2, 0.25) is 11.8 Å². The second-order valence-corrected chi connectivity index (χ2v) is 7.04. The quantitative estimate of drug-likeness (QED) is 0.548. The number of urea groups is 1. The van der Waals surface area contributed by atoms with Gasteiger partial charge in [0.25, 0.3) is 0 Å². The molecule has 144 valence electrons. The summed E-state index contributed by atoms with van der Waals surface area (Å²) in [5.41, 5.74) is 8.34. The van der Waals surface area contributed by atoms with E-state index in [4.69, 9.17) is 0 Å². The van der Waals surface area contributed by atoms with Crippen LogP contribution in [0.3, 0.4) is 0 Å². The molecule has 1 heterocycles. The molecule has 7 heteroatoms. The van der Waals surface area contributed by atoms with Crippen molar-refractivity contribution in [1.82, 2.24) is 15.6 Å². The molecule has 0 radical (unpaired) electrons. The van der Waals surface area contributed by atoms with Gasteiger partial charge in [0.15, 0.2) is 5.92 Å². The molecule has 1 aliphatic heterocycles. The summed E-state index contributed by atoms with van der Waals surface area (Å²) in [7, 11) is 0. The third-order valence-electron chi connectivity index (χ3n) is 5.24. The monoisotopic (exact) mass is 370 g/mol. The number of benzene rings is 1. The van der Waals surface area contributed by atoms with Crippen LogP contribution in [0.15, 0.2) is 36.0 Å². The fourth-order valence-electron chi connectivity index (χ4n) is 3.71. The number of allylic oxidation sites excluding steroid dienone is 1. The van der Waals surface area contributed by atoms with E-state index >= 15 is 0 Å². The lowest BCUT2D eigenvalue weighted by Gasteiger charge is -2.38. The lowest BCUT2D eigenvalue weighted by Crippen LogP contribution is -2.62. The first-order valence-corrected chi connectivity index (χ1v) is 9.44. The van der Waals surface area contributed by atoms with Gasteiger partial charge in [0, 0.05) is 11.7 Å². The van der Waals surface area contributed by atoms with Crippen molar-refractivity contribution in [2.24, 2.45) is 5.92 Å². The first-order valence-electron chi connectivity index (χ1n) is 9.44. The van der Waals surface area contributed by atoms with Gasteiger partial charge >= 0.3 is 6.03 Å². The van der Waals surface area contributed by atoms with Crippen molar-refractivity contribution < 1.29 is 14.4 Å². The van der Waals surface area contributed by atoms with Gasteiger partial charge in [-0.3, -0.25) is 19.8 Å². The summed E-state index contributed by atoms with van der Waals surface area (Å²) < 4.78 is 0. The average molecular weight is 370 g/mol. The lowest BCUT2D eigenvalue weighted by molar-refractivity contribution is -0.142. The van der Waals surface area contributed by atoms with Crippen molar-refractivity contribution >= 4 is 23.5 Å².